The molecule has 2 amide bonds. The molecule has 2 heterocycles. The Labute approximate surface area is 204 Å². The molecule has 0 bridgehead atoms. The fourth-order valence-corrected chi connectivity index (χ4v) is 4.31. The van der Waals surface area contributed by atoms with E-state index in [0.29, 0.717) is 36.2 Å². The second kappa shape index (κ2) is 10.8. The van der Waals surface area contributed by atoms with E-state index in [1.165, 1.54) is 11.8 Å². The minimum Gasteiger partial charge on any atom is -0.416 e. The second-order valence-corrected chi connectivity index (χ2v) is 9.33. The summed E-state index contributed by atoms with van der Waals surface area (Å²) < 4.78 is 6.36. The molecule has 1 aliphatic rings. The third kappa shape index (κ3) is 6.14. The molecule has 1 fully saturated rings. The number of hydrogen-bond donors (Lipinski definition) is 1. The number of amides is 2. The first kappa shape index (κ1) is 23.3. The maximum Gasteiger partial charge on any atom is 0.277 e. The summed E-state index contributed by atoms with van der Waals surface area (Å²) in [5.41, 5.74) is 2.50. The fourth-order valence-electron chi connectivity index (χ4n) is 3.46. The van der Waals surface area contributed by atoms with Crippen molar-refractivity contribution in [3.8, 4) is 0 Å². The molecular weight excluding hydrogens is 506 g/mol. The van der Waals surface area contributed by atoms with Crippen LogP contribution in [0.1, 0.15) is 23.2 Å². The van der Waals surface area contributed by atoms with Gasteiger partial charge in [0, 0.05) is 54.0 Å². The van der Waals surface area contributed by atoms with E-state index < -0.39 is 0 Å². The van der Waals surface area contributed by atoms with Crippen LogP contribution in [0.2, 0.25) is 0 Å². The van der Waals surface area contributed by atoms with E-state index in [4.69, 9.17) is 4.42 Å². The molecule has 0 radical (unpaired) electrons. The predicted octanol–water partition coefficient (Wildman–Crippen LogP) is 4.09. The third-order valence-corrected chi connectivity index (χ3v) is 6.60. The molecule has 0 atom stereocenters. The van der Waals surface area contributed by atoms with Crippen molar-refractivity contribution in [1.82, 2.24) is 15.1 Å². The highest BCUT2D eigenvalue weighted by atomic mass is 79.9. The zero-order valence-corrected chi connectivity index (χ0v) is 20.6. The largest absolute Gasteiger partial charge is 0.416 e. The predicted molar refractivity (Wildman–Crippen MR) is 132 cm³/mol. The first-order chi connectivity index (χ1) is 16.0. The molecule has 0 spiro atoms. The first-order valence-electron chi connectivity index (χ1n) is 10.7. The number of aromatic nitrogens is 2. The Balaban J connectivity index is 1.25. The van der Waals surface area contributed by atoms with Crippen molar-refractivity contribution in [2.75, 3.05) is 42.1 Å². The van der Waals surface area contributed by atoms with Gasteiger partial charge in [-0.1, -0.05) is 34.6 Å². The average Bonchev–Trinajstić information content (AvgIpc) is 3.32. The molecule has 0 saturated carbocycles. The second-order valence-electron chi connectivity index (χ2n) is 7.49. The summed E-state index contributed by atoms with van der Waals surface area (Å²) >= 11 is 4.61. The molecule has 0 unspecified atom stereocenters. The molecule has 10 heteroatoms. The van der Waals surface area contributed by atoms with Crippen LogP contribution in [0.3, 0.4) is 0 Å². The first-order valence-corrected chi connectivity index (χ1v) is 12.4. The molecule has 4 rings (SSSR count). The van der Waals surface area contributed by atoms with E-state index in [-0.39, 0.29) is 17.6 Å². The lowest BCUT2D eigenvalue weighted by atomic mass is 10.1. The highest BCUT2D eigenvalue weighted by molar-refractivity contribution is 9.10. The van der Waals surface area contributed by atoms with E-state index in [1.807, 2.05) is 60.4 Å². The maximum atomic E-state index is 12.7. The number of carbonyl (C=O) groups is 2. The van der Waals surface area contributed by atoms with Crippen molar-refractivity contribution in [3.05, 3.63) is 64.5 Å². The number of benzene rings is 2. The molecule has 1 saturated heterocycles. The fraction of sp³-hybridized carbons (Fsp3) is 0.304. The van der Waals surface area contributed by atoms with Crippen LogP contribution in [-0.2, 0) is 11.2 Å². The molecule has 8 nitrogen and oxygen atoms in total. The summed E-state index contributed by atoms with van der Waals surface area (Å²) in [6.45, 7) is 4.78. The van der Waals surface area contributed by atoms with Crippen LogP contribution in [0.25, 0.3) is 0 Å². The summed E-state index contributed by atoms with van der Waals surface area (Å²) in [5.74, 6) is 0.683. The molecule has 1 aromatic heterocycles. The Morgan fingerprint density at radius 1 is 1.03 bits per heavy atom. The van der Waals surface area contributed by atoms with Crippen LogP contribution in [0.4, 0.5) is 11.4 Å². The highest BCUT2D eigenvalue weighted by Crippen LogP contribution is 2.22. The van der Waals surface area contributed by atoms with Crippen molar-refractivity contribution in [1.29, 1.82) is 0 Å². The van der Waals surface area contributed by atoms with Crippen LogP contribution in [0, 0.1) is 0 Å². The highest BCUT2D eigenvalue weighted by Gasteiger charge is 2.22. The number of piperazine rings is 1. The standard InChI is InChI=1S/C23H24BrN5O3S/c1-2-21-26-27-23(32-21)33-15-20(30)25-18-7-9-19(10-8-18)28-11-13-29(14-12-28)22(31)16-3-5-17(24)6-4-16/h3-10H,2,11-15H2,1H3,(H,25,30). The van der Waals surface area contributed by atoms with Gasteiger partial charge in [0.25, 0.3) is 11.1 Å². The van der Waals surface area contributed by atoms with Gasteiger partial charge in [-0.25, -0.2) is 0 Å². The summed E-state index contributed by atoms with van der Waals surface area (Å²) in [6.07, 6.45) is 0.669. The Morgan fingerprint density at radius 3 is 2.36 bits per heavy atom. The Kier molecular flexibility index (Phi) is 7.66. The normalized spacial score (nSPS) is 13.8. The number of aryl methyl sites for hydroxylation is 1. The Bertz CT molecular complexity index is 1100. The molecular formula is C23H24BrN5O3S. The lowest BCUT2D eigenvalue weighted by Gasteiger charge is -2.36. The smallest absolute Gasteiger partial charge is 0.277 e. The van der Waals surface area contributed by atoms with Gasteiger partial charge in [0.15, 0.2) is 0 Å². The number of thioether (sulfide) groups is 1. The van der Waals surface area contributed by atoms with E-state index in [0.717, 1.165) is 28.9 Å². The summed E-state index contributed by atoms with van der Waals surface area (Å²) in [5, 5.41) is 11.1. The van der Waals surface area contributed by atoms with E-state index in [2.05, 4.69) is 36.3 Å². The molecule has 0 aliphatic carbocycles. The minimum absolute atomic E-state index is 0.0597. The topological polar surface area (TPSA) is 91.6 Å². The zero-order valence-electron chi connectivity index (χ0n) is 18.2. The van der Waals surface area contributed by atoms with E-state index >= 15 is 0 Å². The summed E-state index contributed by atoms with van der Waals surface area (Å²) in [6, 6.07) is 15.2. The minimum atomic E-state index is -0.135. The van der Waals surface area contributed by atoms with Gasteiger partial charge in [-0.15, -0.1) is 10.2 Å². The van der Waals surface area contributed by atoms with Gasteiger partial charge in [0.2, 0.25) is 11.8 Å². The maximum absolute atomic E-state index is 12.7. The lowest BCUT2D eigenvalue weighted by molar-refractivity contribution is -0.113. The Morgan fingerprint density at radius 2 is 1.73 bits per heavy atom. The van der Waals surface area contributed by atoms with E-state index in [9.17, 15) is 9.59 Å². The van der Waals surface area contributed by atoms with Crippen LogP contribution in [0.5, 0.6) is 0 Å². The Hall–Kier alpha value is -2.85. The quantitative estimate of drug-likeness (QED) is 0.460. The van der Waals surface area contributed by atoms with Gasteiger partial charge in [0.1, 0.15) is 0 Å². The van der Waals surface area contributed by atoms with Gasteiger partial charge >= 0.3 is 0 Å². The molecule has 1 N–H and O–H groups in total. The average molecular weight is 530 g/mol. The van der Waals surface area contributed by atoms with Gasteiger partial charge in [0.05, 0.1) is 5.75 Å². The molecule has 3 aromatic rings. The molecule has 172 valence electrons. The van der Waals surface area contributed by atoms with Crippen molar-refractivity contribution in [2.24, 2.45) is 0 Å². The van der Waals surface area contributed by atoms with Crippen LogP contribution < -0.4 is 10.2 Å². The lowest BCUT2D eigenvalue weighted by Crippen LogP contribution is -2.48. The van der Waals surface area contributed by atoms with Crippen LogP contribution >= 0.6 is 27.7 Å². The number of hydrogen-bond acceptors (Lipinski definition) is 7. The van der Waals surface area contributed by atoms with Crippen molar-refractivity contribution in [3.63, 3.8) is 0 Å². The SMILES string of the molecule is CCc1nnc(SCC(=O)Nc2ccc(N3CCN(C(=O)c4ccc(Br)cc4)CC3)cc2)o1. The number of carbonyl (C=O) groups excluding carboxylic acids is 2. The van der Waals surface area contributed by atoms with Crippen molar-refractivity contribution >= 4 is 50.9 Å². The number of rotatable bonds is 7. The van der Waals surface area contributed by atoms with Crippen molar-refractivity contribution < 1.29 is 14.0 Å². The third-order valence-electron chi connectivity index (χ3n) is 5.25. The number of halogens is 1. The number of nitrogens with one attached hydrogen (secondary N) is 1. The molecule has 33 heavy (non-hydrogen) atoms. The summed E-state index contributed by atoms with van der Waals surface area (Å²) in [7, 11) is 0. The molecule has 2 aromatic carbocycles. The van der Waals surface area contributed by atoms with Crippen LogP contribution in [0.15, 0.2) is 62.6 Å². The van der Waals surface area contributed by atoms with Gasteiger partial charge in [-0.05, 0) is 48.5 Å². The van der Waals surface area contributed by atoms with Crippen LogP contribution in [-0.4, -0.2) is 58.8 Å². The van der Waals surface area contributed by atoms with Gasteiger partial charge < -0.3 is 19.5 Å². The monoisotopic (exact) mass is 529 g/mol. The van der Waals surface area contributed by atoms with E-state index in [1.54, 1.807) is 0 Å². The van der Waals surface area contributed by atoms with Gasteiger partial charge in [-0.2, -0.15) is 0 Å². The van der Waals surface area contributed by atoms with Gasteiger partial charge in [-0.3, -0.25) is 9.59 Å². The molecule has 1 aliphatic heterocycles. The number of nitrogens with zero attached hydrogens (tertiary/aromatic N) is 4. The summed E-state index contributed by atoms with van der Waals surface area (Å²) in [4.78, 5) is 29.0. The zero-order chi connectivity index (χ0) is 23.2. The van der Waals surface area contributed by atoms with Crippen molar-refractivity contribution in [2.45, 2.75) is 18.6 Å². The number of anilines is 2.